The predicted octanol–water partition coefficient (Wildman–Crippen LogP) is 3.99. The van der Waals surface area contributed by atoms with Crippen molar-refractivity contribution < 1.29 is 14.7 Å². The highest BCUT2D eigenvalue weighted by atomic mass is 16.4. The molecule has 5 heteroatoms. The van der Waals surface area contributed by atoms with Gasteiger partial charge in [-0.3, -0.25) is 14.5 Å². The molecule has 26 heavy (non-hydrogen) atoms. The van der Waals surface area contributed by atoms with Gasteiger partial charge < -0.3 is 5.11 Å². The number of carbonyl (C=O) groups excluding carboxylic acids is 1. The van der Waals surface area contributed by atoms with E-state index >= 15 is 0 Å². The van der Waals surface area contributed by atoms with E-state index in [4.69, 9.17) is 0 Å². The molecule has 1 unspecified atom stereocenters. The maximum Gasteiger partial charge on any atom is 0.307 e. The minimum absolute atomic E-state index is 0.0639. The second-order valence-corrected chi connectivity index (χ2v) is 6.87. The van der Waals surface area contributed by atoms with Crippen LogP contribution in [0.15, 0.2) is 48.7 Å². The molecule has 0 radical (unpaired) electrons. The Hall–Kier alpha value is -2.69. The van der Waals surface area contributed by atoms with Crippen LogP contribution in [-0.2, 0) is 16.1 Å². The van der Waals surface area contributed by atoms with Gasteiger partial charge in [0, 0.05) is 13.1 Å². The van der Waals surface area contributed by atoms with Crippen LogP contribution < -0.4 is 4.90 Å². The highest BCUT2D eigenvalue weighted by Gasteiger charge is 2.31. The summed E-state index contributed by atoms with van der Waals surface area (Å²) in [5.41, 5.74) is 2.07. The van der Waals surface area contributed by atoms with Crippen LogP contribution in [0.3, 0.4) is 0 Å². The molecular formula is C21H24N2O3. The van der Waals surface area contributed by atoms with Crippen LogP contribution >= 0.6 is 0 Å². The third-order valence-electron chi connectivity index (χ3n) is 5.14. The minimum atomic E-state index is -0.698. The van der Waals surface area contributed by atoms with E-state index < -0.39 is 5.97 Å². The van der Waals surface area contributed by atoms with Gasteiger partial charge in [0.05, 0.1) is 12.5 Å². The van der Waals surface area contributed by atoms with Gasteiger partial charge in [-0.05, 0) is 42.0 Å². The number of anilines is 1. The minimum Gasteiger partial charge on any atom is -0.481 e. The summed E-state index contributed by atoms with van der Waals surface area (Å²) in [5.74, 6) is -0.350. The fourth-order valence-corrected chi connectivity index (χ4v) is 3.75. The van der Waals surface area contributed by atoms with Crippen molar-refractivity contribution >= 4 is 17.7 Å². The average molecular weight is 352 g/mol. The van der Waals surface area contributed by atoms with Crippen molar-refractivity contribution in [1.82, 2.24) is 4.98 Å². The number of rotatable bonds is 5. The average Bonchev–Trinajstić information content (AvgIpc) is 2.67. The first-order valence-electron chi connectivity index (χ1n) is 9.07. The first-order valence-corrected chi connectivity index (χ1v) is 9.07. The molecule has 1 aromatic heterocycles. The van der Waals surface area contributed by atoms with E-state index in [-0.39, 0.29) is 17.7 Å². The van der Waals surface area contributed by atoms with Gasteiger partial charge in [0.1, 0.15) is 5.82 Å². The Bertz CT molecular complexity index is 759. The zero-order valence-electron chi connectivity index (χ0n) is 15.0. The highest BCUT2D eigenvalue weighted by Crippen LogP contribution is 2.38. The van der Waals surface area contributed by atoms with Gasteiger partial charge in [-0.15, -0.1) is 0 Å². The molecule has 1 fully saturated rings. The lowest BCUT2D eigenvalue weighted by Gasteiger charge is -2.29. The first kappa shape index (κ1) is 18.1. The van der Waals surface area contributed by atoms with E-state index in [1.54, 1.807) is 11.1 Å². The summed E-state index contributed by atoms with van der Waals surface area (Å²) < 4.78 is 0. The highest BCUT2D eigenvalue weighted by molar-refractivity contribution is 5.90. The molecule has 1 aliphatic rings. The molecule has 0 aliphatic heterocycles. The molecule has 0 spiro atoms. The van der Waals surface area contributed by atoms with Gasteiger partial charge in [-0.25, -0.2) is 4.98 Å². The number of aliphatic carboxylic acids is 1. The topological polar surface area (TPSA) is 70.5 Å². The Kier molecular flexibility index (Phi) is 5.66. The van der Waals surface area contributed by atoms with E-state index in [0.717, 1.165) is 36.8 Å². The molecule has 1 saturated carbocycles. The Labute approximate surface area is 153 Å². The van der Waals surface area contributed by atoms with Crippen LogP contribution in [0.25, 0.3) is 0 Å². The van der Waals surface area contributed by atoms with Crippen LogP contribution in [0.5, 0.6) is 0 Å². The Morgan fingerprint density at radius 2 is 1.85 bits per heavy atom. The largest absolute Gasteiger partial charge is 0.481 e. The van der Waals surface area contributed by atoms with E-state index in [1.165, 1.54) is 6.92 Å². The number of hydrogen-bond acceptors (Lipinski definition) is 3. The number of carboxylic acids is 1. The van der Waals surface area contributed by atoms with Gasteiger partial charge in [0.15, 0.2) is 0 Å². The molecule has 2 atom stereocenters. The molecular weight excluding hydrogens is 328 g/mol. The number of nitrogens with zero attached hydrogens (tertiary/aromatic N) is 2. The molecule has 1 heterocycles. The summed E-state index contributed by atoms with van der Waals surface area (Å²) in [7, 11) is 0. The van der Waals surface area contributed by atoms with Gasteiger partial charge in [-0.1, -0.05) is 43.2 Å². The van der Waals surface area contributed by atoms with Crippen LogP contribution in [0, 0.1) is 5.92 Å². The summed E-state index contributed by atoms with van der Waals surface area (Å²) in [4.78, 5) is 29.4. The third-order valence-corrected chi connectivity index (χ3v) is 5.14. The van der Waals surface area contributed by atoms with E-state index in [0.29, 0.717) is 12.4 Å². The van der Waals surface area contributed by atoms with Crippen molar-refractivity contribution in [2.75, 3.05) is 4.90 Å². The van der Waals surface area contributed by atoms with Gasteiger partial charge >= 0.3 is 5.97 Å². The van der Waals surface area contributed by atoms with Gasteiger partial charge in [0.2, 0.25) is 5.91 Å². The molecule has 0 bridgehead atoms. The first-order chi connectivity index (χ1) is 12.6. The van der Waals surface area contributed by atoms with Gasteiger partial charge in [-0.2, -0.15) is 0 Å². The van der Waals surface area contributed by atoms with Gasteiger partial charge in [0.25, 0.3) is 0 Å². The molecule has 3 rings (SSSR count). The number of hydrogen-bond donors (Lipinski definition) is 1. The number of aromatic nitrogens is 1. The molecule has 1 N–H and O–H groups in total. The predicted molar refractivity (Wildman–Crippen MR) is 99.9 cm³/mol. The van der Waals surface area contributed by atoms with Crippen LogP contribution in [-0.4, -0.2) is 22.0 Å². The molecule has 2 aromatic rings. The second kappa shape index (κ2) is 8.13. The molecule has 136 valence electrons. The number of carboxylic acid groups (broad SMARTS) is 1. The van der Waals surface area contributed by atoms with Crippen molar-refractivity contribution in [2.45, 2.75) is 45.1 Å². The van der Waals surface area contributed by atoms with Crippen molar-refractivity contribution in [3.05, 3.63) is 59.8 Å². The van der Waals surface area contributed by atoms with E-state index in [9.17, 15) is 14.7 Å². The molecule has 1 amide bonds. The quantitative estimate of drug-likeness (QED) is 0.883. The molecule has 5 nitrogen and oxygen atoms in total. The van der Waals surface area contributed by atoms with E-state index in [2.05, 4.69) is 4.98 Å². The Morgan fingerprint density at radius 1 is 1.12 bits per heavy atom. The molecule has 0 saturated heterocycles. The summed E-state index contributed by atoms with van der Waals surface area (Å²) in [6.07, 6.45) is 5.41. The van der Waals surface area contributed by atoms with Crippen LogP contribution in [0.4, 0.5) is 5.82 Å². The fraction of sp³-hybridized carbons (Fsp3) is 0.381. The van der Waals surface area contributed by atoms with Crippen LogP contribution in [0.1, 0.15) is 49.7 Å². The lowest BCUT2D eigenvalue weighted by atomic mass is 9.75. The third kappa shape index (κ3) is 4.10. The summed E-state index contributed by atoms with van der Waals surface area (Å²) in [5, 5.41) is 9.48. The Balaban J connectivity index is 1.76. The second-order valence-electron chi connectivity index (χ2n) is 6.87. The van der Waals surface area contributed by atoms with Crippen molar-refractivity contribution in [3.63, 3.8) is 0 Å². The lowest BCUT2D eigenvalue weighted by molar-refractivity contribution is -0.143. The van der Waals surface area contributed by atoms with Crippen molar-refractivity contribution in [1.29, 1.82) is 0 Å². The Morgan fingerprint density at radius 3 is 2.46 bits per heavy atom. The van der Waals surface area contributed by atoms with Crippen molar-refractivity contribution in [2.24, 2.45) is 5.92 Å². The summed E-state index contributed by atoms with van der Waals surface area (Å²) in [6.45, 7) is 1.97. The van der Waals surface area contributed by atoms with Crippen LogP contribution in [0.2, 0.25) is 0 Å². The van der Waals surface area contributed by atoms with Crippen molar-refractivity contribution in [3.8, 4) is 0 Å². The normalized spacial score (nSPS) is 19.7. The maximum absolute atomic E-state index is 12.0. The smallest absolute Gasteiger partial charge is 0.307 e. The maximum atomic E-state index is 12.0. The SMILES string of the molecule is CC(=O)N(Cc1ccc(C2CCCC[C@H]2C(=O)O)cc1)c1ccccn1. The monoisotopic (exact) mass is 352 g/mol. The zero-order chi connectivity index (χ0) is 18.5. The lowest BCUT2D eigenvalue weighted by Crippen LogP contribution is -2.28. The summed E-state index contributed by atoms with van der Waals surface area (Å²) >= 11 is 0. The molecule has 1 aliphatic carbocycles. The number of pyridine rings is 1. The zero-order valence-corrected chi connectivity index (χ0v) is 15.0. The number of amides is 1. The number of benzene rings is 1. The fourth-order valence-electron chi connectivity index (χ4n) is 3.75. The van der Waals surface area contributed by atoms with E-state index in [1.807, 2.05) is 42.5 Å². The number of carbonyl (C=O) groups is 2. The standard InChI is InChI=1S/C21H24N2O3/c1-15(24)23(20-8-4-5-13-22-20)14-16-9-11-17(12-10-16)18-6-2-3-7-19(18)21(25)26/h4-5,8-13,18-19H,2-3,6-7,14H2,1H3,(H,25,26)/t18?,19-/m1/s1. The molecule has 1 aromatic carbocycles. The summed E-state index contributed by atoms with van der Waals surface area (Å²) in [6, 6.07) is 13.5.